The predicted octanol–water partition coefficient (Wildman–Crippen LogP) is 4.27. The lowest BCUT2D eigenvalue weighted by atomic mass is 10.1. The van der Waals surface area contributed by atoms with E-state index in [2.05, 4.69) is 46.0 Å². The van der Waals surface area contributed by atoms with Crippen LogP contribution in [0.3, 0.4) is 0 Å². The summed E-state index contributed by atoms with van der Waals surface area (Å²) in [6, 6.07) is 6.86. The minimum Gasteiger partial charge on any atom is -0.372 e. The highest BCUT2D eigenvalue weighted by Crippen LogP contribution is 2.23. The van der Waals surface area contributed by atoms with Crippen LogP contribution in [0.1, 0.15) is 36.8 Å². The first kappa shape index (κ1) is 12.0. The van der Waals surface area contributed by atoms with Gasteiger partial charge in [0, 0.05) is 24.1 Å². The number of hydrogen-bond donors (Lipinski definition) is 0. The molecule has 2 rings (SSSR count). The van der Waals surface area contributed by atoms with E-state index in [0.29, 0.717) is 0 Å². The lowest BCUT2D eigenvalue weighted by molar-refractivity contribution is 0.726. The molecule has 1 aromatic carbocycles. The quantitative estimate of drug-likeness (QED) is 0.732. The Morgan fingerprint density at radius 2 is 1.81 bits per heavy atom. The van der Waals surface area contributed by atoms with Gasteiger partial charge < -0.3 is 4.90 Å². The summed E-state index contributed by atoms with van der Waals surface area (Å²) in [7, 11) is 0. The molecule has 0 saturated carbocycles. The summed E-state index contributed by atoms with van der Waals surface area (Å²) in [5.74, 6) is 0. The molecular weight excluding hydrogens is 262 g/mol. The van der Waals surface area contributed by atoms with Crippen molar-refractivity contribution >= 4 is 21.6 Å². The molecule has 1 fully saturated rings. The van der Waals surface area contributed by atoms with Crippen molar-refractivity contribution in [1.29, 1.82) is 0 Å². The minimum absolute atomic E-state index is 0.957. The van der Waals surface area contributed by atoms with Crippen molar-refractivity contribution in [2.24, 2.45) is 0 Å². The second-order valence-electron chi connectivity index (χ2n) is 4.65. The molecule has 1 heterocycles. The third-order valence-corrected chi connectivity index (χ3v) is 4.05. The summed E-state index contributed by atoms with van der Waals surface area (Å²) in [5, 5.41) is 0.957. The van der Waals surface area contributed by atoms with Gasteiger partial charge in [0.15, 0.2) is 0 Å². The Morgan fingerprint density at radius 3 is 2.38 bits per heavy atom. The maximum Gasteiger partial charge on any atom is 0.0369 e. The number of nitrogens with zero attached hydrogens (tertiary/aromatic N) is 1. The van der Waals surface area contributed by atoms with Crippen molar-refractivity contribution in [1.82, 2.24) is 0 Å². The van der Waals surface area contributed by atoms with E-state index in [1.807, 2.05) is 0 Å². The molecule has 0 bridgehead atoms. The van der Waals surface area contributed by atoms with Crippen LogP contribution in [0.15, 0.2) is 18.2 Å². The van der Waals surface area contributed by atoms with Crippen LogP contribution in [-0.4, -0.2) is 13.1 Å². The van der Waals surface area contributed by atoms with E-state index < -0.39 is 0 Å². The van der Waals surface area contributed by atoms with Gasteiger partial charge in [0.25, 0.3) is 0 Å². The molecule has 1 nitrogen and oxygen atoms in total. The van der Waals surface area contributed by atoms with Crippen molar-refractivity contribution in [2.45, 2.75) is 37.9 Å². The fourth-order valence-electron chi connectivity index (χ4n) is 2.36. The van der Waals surface area contributed by atoms with E-state index in [1.165, 1.54) is 55.6 Å². The van der Waals surface area contributed by atoms with Crippen LogP contribution in [0.5, 0.6) is 0 Å². The average Bonchev–Trinajstić information content (AvgIpc) is 2.57. The first-order chi connectivity index (χ1) is 7.81. The minimum atomic E-state index is 0.957. The summed E-state index contributed by atoms with van der Waals surface area (Å²) in [6.07, 6.45) is 5.49. The monoisotopic (exact) mass is 281 g/mol. The van der Waals surface area contributed by atoms with Crippen molar-refractivity contribution in [3.63, 3.8) is 0 Å². The van der Waals surface area contributed by atoms with Gasteiger partial charge in [-0.15, -0.1) is 0 Å². The van der Waals surface area contributed by atoms with Gasteiger partial charge in [0.1, 0.15) is 0 Å². The molecule has 16 heavy (non-hydrogen) atoms. The molecule has 0 radical (unpaired) electrons. The Labute approximate surface area is 107 Å². The fraction of sp³-hybridized carbons (Fsp3) is 0.571. The van der Waals surface area contributed by atoms with Gasteiger partial charge in [-0.3, -0.25) is 0 Å². The highest BCUT2D eigenvalue weighted by atomic mass is 79.9. The SMILES string of the molecule is Cc1cc(N2CCCCCC2)ccc1CBr. The molecule has 0 unspecified atom stereocenters. The van der Waals surface area contributed by atoms with Crippen LogP contribution in [0, 0.1) is 6.92 Å². The summed E-state index contributed by atoms with van der Waals surface area (Å²) in [4.78, 5) is 2.54. The summed E-state index contributed by atoms with van der Waals surface area (Å²) < 4.78 is 0. The largest absolute Gasteiger partial charge is 0.372 e. The number of aryl methyl sites for hydroxylation is 1. The molecule has 1 aliphatic rings. The number of halogens is 1. The van der Waals surface area contributed by atoms with E-state index in [9.17, 15) is 0 Å². The molecular formula is C14H20BrN. The summed E-state index contributed by atoms with van der Waals surface area (Å²) in [6.45, 7) is 4.66. The van der Waals surface area contributed by atoms with Crippen LogP contribution < -0.4 is 4.90 Å². The molecule has 0 N–H and O–H groups in total. The third-order valence-electron chi connectivity index (χ3n) is 3.44. The average molecular weight is 282 g/mol. The van der Waals surface area contributed by atoms with Crippen LogP contribution in [0.4, 0.5) is 5.69 Å². The zero-order valence-electron chi connectivity index (χ0n) is 10.0. The number of hydrogen-bond acceptors (Lipinski definition) is 1. The highest BCUT2D eigenvalue weighted by Gasteiger charge is 2.10. The van der Waals surface area contributed by atoms with Gasteiger partial charge in [0.2, 0.25) is 0 Å². The second kappa shape index (κ2) is 5.72. The van der Waals surface area contributed by atoms with Crippen molar-refractivity contribution < 1.29 is 0 Å². The highest BCUT2D eigenvalue weighted by molar-refractivity contribution is 9.08. The number of anilines is 1. The number of benzene rings is 1. The van der Waals surface area contributed by atoms with E-state index in [0.717, 1.165) is 5.33 Å². The van der Waals surface area contributed by atoms with Crippen LogP contribution >= 0.6 is 15.9 Å². The Morgan fingerprint density at radius 1 is 1.12 bits per heavy atom. The molecule has 1 saturated heterocycles. The zero-order valence-corrected chi connectivity index (χ0v) is 11.6. The van der Waals surface area contributed by atoms with Crippen LogP contribution in [0.25, 0.3) is 0 Å². The standard InChI is InChI=1S/C14H20BrN/c1-12-10-14(7-6-13(12)11-15)16-8-4-2-3-5-9-16/h6-7,10H,2-5,8-9,11H2,1H3. The van der Waals surface area contributed by atoms with Crippen molar-refractivity contribution in [3.05, 3.63) is 29.3 Å². The molecule has 1 aliphatic heterocycles. The summed E-state index contributed by atoms with van der Waals surface area (Å²) in [5.41, 5.74) is 4.21. The topological polar surface area (TPSA) is 3.24 Å². The molecule has 88 valence electrons. The second-order valence-corrected chi connectivity index (χ2v) is 5.21. The summed E-state index contributed by atoms with van der Waals surface area (Å²) >= 11 is 3.53. The predicted molar refractivity (Wildman–Crippen MR) is 74.5 cm³/mol. The van der Waals surface area contributed by atoms with E-state index in [-0.39, 0.29) is 0 Å². The Bertz CT molecular complexity index is 341. The Kier molecular flexibility index (Phi) is 4.28. The maximum absolute atomic E-state index is 3.53. The van der Waals surface area contributed by atoms with E-state index in [4.69, 9.17) is 0 Å². The van der Waals surface area contributed by atoms with E-state index in [1.54, 1.807) is 0 Å². The smallest absolute Gasteiger partial charge is 0.0369 e. The first-order valence-electron chi connectivity index (χ1n) is 6.21. The van der Waals surface area contributed by atoms with Crippen LogP contribution in [-0.2, 0) is 5.33 Å². The molecule has 2 heteroatoms. The number of alkyl halides is 1. The van der Waals surface area contributed by atoms with Gasteiger partial charge in [-0.25, -0.2) is 0 Å². The zero-order chi connectivity index (χ0) is 11.4. The third kappa shape index (κ3) is 2.79. The Hall–Kier alpha value is -0.500. The first-order valence-corrected chi connectivity index (χ1v) is 7.34. The normalized spacial score (nSPS) is 17.2. The van der Waals surface area contributed by atoms with Gasteiger partial charge in [-0.05, 0) is 43.0 Å². The van der Waals surface area contributed by atoms with Gasteiger partial charge in [-0.1, -0.05) is 34.8 Å². The molecule has 0 amide bonds. The molecule has 0 aromatic heterocycles. The Balaban J connectivity index is 2.16. The molecule has 0 atom stereocenters. The van der Waals surface area contributed by atoms with Crippen LogP contribution in [0.2, 0.25) is 0 Å². The lowest BCUT2D eigenvalue weighted by Gasteiger charge is -2.23. The van der Waals surface area contributed by atoms with Gasteiger partial charge >= 0.3 is 0 Å². The molecule has 1 aromatic rings. The number of rotatable bonds is 2. The molecule has 0 spiro atoms. The van der Waals surface area contributed by atoms with Gasteiger partial charge in [-0.2, -0.15) is 0 Å². The maximum atomic E-state index is 3.53. The van der Waals surface area contributed by atoms with Crippen molar-refractivity contribution in [2.75, 3.05) is 18.0 Å². The lowest BCUT2D eigenvalue weighted by Crippen LogP contribution is -2.23. The van der Waals surface area contributed by atoms with E-state index >= 15 is 0 Å². The molecule has 0 aliphatic carbocycles. The fourth-order valence-corrected chi connectivity index (χ4v) is 2.98. The van der Waals surface area contributed by atoms with Crippen molar-refractivity contribution in [3.8, 4) is 0 Å². The van der Waals surface area contributed by atoms with Gasteiger partial charge in [0.05, 0.1) is 0 Å².